The van der Waals surface area contributed by atoms with Crippen molar-refractivity contribution in [1.82, 2.24) is 5.32 Å². The Balaban J connectivity index is 2.92. The summed E-state index contributed by atoms with van der Waals surface area (Å²) >= 11 is 5.91. The molecule has 1 aromatic rings. The van der Waals surface area contributed by atoms with Gasteiger partial charge in [0.2, 0.25) is 0 Å². The van der Waals surface area contributed by atoms with Crippen LogP contribution in [0.1, 0.15) is 20.3 Å². The molecular weight excluding hydrogens is 258 g/mol. The highest BCUT2D eigenvalue weighted by atomic mass is 35.5. The smallest absolute Gasteiger partial charge is 0.181 e. The zero-order chi connectivity index (χ0) is 12.9. The molecule has 0 saturated carbocycles. The van der Waals surface area contributed by atoms with Crippen molar-refractivity contribution in [2.24, 2.45) is 0 Å². The average Bonchev–Trinajstić information content (AvgIpc) is 2.28. The van der Waals surface area contributed by atoms with Gasteiger partial charge in [0.1, 0.15) is 0 Å². The molecule has 1 N–H and O–H groups in total. The molecule has 0 spiro atoms. The minimum atomic E-state index is -3.32. The molecule has 0 radical (unpaired) electrons. The largest absolute Gasteiger partial charge is 0.313 e. The quantitative estimate of drug-likeness (QED) is 0.868. The highest BCUT2D eigenvalue weighted by Gasteiger charge is 2.21. The summed E-state index contributed by atoms with van der Waals surface area (Å²) in [5, 5.41) is 3.45. The minimum absolute atomic E-state index is 0.0266. The molecule has 0 bridgehead atoms. The van der Waals surface area contributed by atoms with Gasteiger partial charge >= 0.3 is 0 Å². The highest BCUT2D eigenvalue weighted by molar-refractivity contribution is 7.91. The van der Waals surface area contributed by atoms with Gasteiger partial charge in [0, 0.05) is 6.04 Å². The highest BCUT2D eigenvalue weighted by Crippen LogP contribution is 2.22. The molecule has 1 aromatic carbocycles. The van der Waals surface area contributed by atoms with Crippen LogP contribution in [0.15, 0.2) is 29.2 Å². The monoisotopic (exact) mass is 275 g/mol. The Hall–Kier alpha value is -0.580. The van der Waals surface area contributed by atoms with E-state index in [2.05, 4.69) is 5.32 Å². The summed E-state index contributed by atoms with van der Waals surface area (Å²) in [4.78, 5) is 0.220. The fourth-order valence-electron chi connectivity index (χ4n) is 1.66. The third-order valence-corrected chi connectivity index (χ3v) is 4.89. The second-order valence-electron chi connectivity index (χ2n) is 3.87. The molecule has 1 rings (SSSR count). The zero-order valence-corrected chi connectivity index (χ0v) is 11.7. The lowest BCUT2D eigenvalue weighted by Gasteiger charge is -2.16. The summed E-state index contributed by atoms with van der Waals surface area (Å²) in [6.07, 6.45) is 0.775. The van der Waals surface area contributed by atoms with Crippen LogP contribution in [-0.2, 0) is 9.84 Å². The Morgan fingerprint density at radius 1 is 1.29 bits per heavy atom. The molecule has 1 unspecified atom stereocenters. The molecule has 3 nitrogen and oxygen atoms in total. The standard InChI is InChI=1S/C12H18ClNO2S/c1-3-10(14-4-2)9-17(15,16)12-8-6-5-7-11(12)13/h5-8,10,14H,3-4,9H2,1-2H3. The van der Waals surface area contributed by atoms with E-state index in [1.807, 2.05) is 13.8 Å². The predicted octanol–water partition coefficient (Wildman–Crippen LogP) is 2.50. The van der Waals surface area contributed by atoms with E-state index >= 15 is 0 Å². The van der Waals surface area contributed by atoms with Crippen LogP contribution < -0.4 is 5.32 Å². The first kappa shape index (κ1) is 14.5. The van der Waals surface area contributed by atoms with E-state index in [-0.39, 0.29) is 16.7 Å². The summed E-state index contributed by atoms with van der Waals surface area (Å²) in [6.45, 7) is 4.69. The van der Waals surface area contributed by atoms with Crippen molar-refractivity contribution in [3.8, 4) is 0 Å². The van der Waals surface area contributed by atoms with Gasteiger partial charge in [-0.15, -0.1) is 0 Å². The SMILES string of the molecule is CCNC(CC)CS(=O)(=O)c1ccccc1Cl. The molecule has 1 atom stereocenters. The van der Waals surface area contributed by atoms with Crippen molar-refractivity contribution < 1.29 is 8.42 Å². The number of hydrogen-bond acceptors (Lipinski definition) is 3. The Kier molecular flexibility index (Phi) is 5.43. The van der Waals surface area contributed by atoms with Crippen LogP contribution in [0.4, 0.5) is 0 Å². The number of nitrogens with one attached hydrogen (secondary N) is 1. The van der Waals surface area contributed by atoms with Gasteiger partial charge in [0.15, 0.2) is 9.84 Å². The van der Waals surface area contributed by atoms with Crippen LogP contribution >= 0.6 is 11.6 Å². The van der Waals surface area contributed by atoms with Gasteiger partial charge in [-0.2, -0.15) is 0 Å². The number of hydrogen-bond donors (Lipinski definition) is 1. The van der Waals surface area contributed by atoms with Gasteiger partial charge in [0.25, 0.3) is 0 Å². The van der Waals surface area contributed by atoms with Crippen molar-refractivity contribution in [1.29, 1.82) is 0 Å². The fourth-order valence-corrected chi connectivity index (χ4v) is 3.86. The molecule has 0 saturated heterocycles. The molecule has 0 aliphatic carbocycles. The maximum atomic E-state index is 12.2. The van der Waals surface area contributed by atoms with E-state index < -0.39 is 9.84 Å². The molecule has 0 amide bonds. The first-order valence-corrected chi connectivity index (χ1v) is 7.75. The molecule has 0 heterocycles. The van der Waals surface area contributed by atoms with E-state index in [1.54, 1.807) is 24.3 Å². The molecular formula is C12H18ClNO2S. The maximum absolute atomic E-state index is 12.2. The fraction of sp³-hybridized carbons (Fsp3) is 0.500. The topological polar surface area (TPSA) is 46.2 Å². The van der Waals surface area contributed by atoms with Crippen molar-refractivity contribution in [2.45, 2.75) is 31.2 Å². The Morgan fingerprint density at radius 2 is 1.94 bits per heavy atom. The first-order valence-electron chi connectivity index (χ1n) is 5.72. The van der Waals surface area contributed by atoms with Crippen LogP contribution in [0, 0.1) is 0 Å². The molecule has 17 heavy (non-hydrogen) atoms. The lowest BCUT2D eigenvalue weighted by molar-refractivity contribution is 0.533. The normalized spacial score (nSPS) is 13.6. The lowest BCUT2D eigenvalue weighted by Crippen LogP contribution is -2.35. The summed E-state index contributed by atoms with van der Waals surface area (Å²) in [6, 6.07) is 6.54. The van der Waals surface area contributed by atoms with Gasteiger partial charge < -0.3 is 5.32 Å². The number of halogens is 1. The van der Waals surface area contributed by atoms with Crippen molar-refractivity contribution in [3.63, 3.8) is 0 Å². The lowest BCUT2D eigenvalue weighted by atomic mass is 10.2. The third-order valence-electron chi connectivity index (χ3n) is 2.58. The van der Waals surface area contributed by atoms with Crippen LogP contribution in [0.2, 0.25) is 5.02 Å². The average molecular weight is 276 g/mol. The Morgan fingerprint density at radius 3 is 2.47 bits per heavy atom. The van der Waals surface area contributed by atoms with Crippen LogP contribution in [0.3, 0.4) is 0 Å². The minimum Gasteiger partial charge on any atom is -0.313 e. The first-order chi connectivity index (χ1) is 8.01. The van der Waals surface area contributed by atoms with E-state index in [9.17, 15) is 8.42 Å². The van der Waals surface area contributed by atoms with Gasteiger partial charge in [-0.3, -0.25) is 0 Å². The predicted molar refractivity (Wildman–Crippen MR) is 71.3 cm³/mol. The molecule has 0 fully saturated rings. The van der Waals surface area contributed by atoms with Crippen LogP contribution in [-0.4, -0.2) is 26.8 Å². The van der Waals surface area contributed by atoms with Crippen molar-refractivity contribution in [2.75, 3.05) is 12.3 Å². The van der Waals surface area contributed by atoms with E-state index in [1.165, 1.54) is 0 Å². The zero-order valence-electron chi connectivity index (χ0n) is 10.1. The molecule has 0 aliphatic heterocycles. The maximum Gasteiger partial charge on any atom is 0.181 e. The van der Waals surface area contributed by atoms with Crippen LogP contribution in [0.5, 0.6) is 0 Å². The second-order valence-corrected chi connectivity index (χ2v) is 6.28. The van der Waals surface area contributed by atoms with E-state index in [0.29, 0.717) is 5.02 Å². The number of rotatable bonds is 6. The van der Waals surface area contributed by atoms with Gasteiger partial charge in [-0.05, 0) is 25.1 Å². The number of benzene rings is 1. The van der Waals surface area contributed by atoms with Gasteiger partial charge in [-0.1, -0.05) is 37.6 Å². The third kappa shape index (κ3) is 3.98. The summed E-state index contributed by atoms with van der Waals surface area (Å²) in [7, 11) is -3.32. The number of sulfone groups is 1. The van der Waals surface area contributed by atoms with Gasteiger partial charge in [-0.25, -0.2) is 8.42 Å². The summed E-state index contributed by atoms with van der Waals surface area (Å²) in [5.41, 5.74) is 0. The summed E-state index contributed by atoms with van der Waals surface area (Å²) in [5.74, 6) is 0.0844. The van der Waals surface area contributed by atoms with Crippen LogP contribution in [0.25, 0.3) is 0 Å². The van der Waals surface area contributed by atoms with Gasteiger partial charge in [0.05, 0.1) is 15.7 Å². The van der Waals surface area contributed by atoms with Crippen molar-refractivity contribution >= 4 is 21.4 Å². The Labute approximate surface area is 108 Å². The second kappa shape index (κ2) is 6.38. The molecule has 96 valence electrons. The van der Waals surface area contributed by atoms with E-state index in [0.717, 1.165) is 13.0 Å². The van der Waals surface area contributed by atoms with E-state index in [4.69, 9.17) is 11.6 Å². The molecule has 5 heteroatoms. The molecule has 0 aliphatic rings. The Bertz CT molecular complexity index is 459. The van der Waals surface area contributed by atoms with Crippen molar-refractivity contribution in [3.05, 3.63) is 29.3 Å². The summed E-state index contributed by atoms with van der Waals surface area (Å²) < 4.78 is 24.3. The molecule has 0 aromatic heterocycles.